The second-order valence-corrected chi connectivity index (χ2v) is 12.1. The van der Waals surface area contributed by atoms with Gasteiger partial charge in [-0.05, 0) is 63.5 Å². The largest absolute Gasteiger partial charge is 0.611 e. The number of amidine groups is 1. The molecule has 0 spiro atoms. The SMILES string of the molecule is CC[S+]([O-])c1cnc(CN/C(C=O)=N/c2c(C)nc(-c3c(OC)ncnc3C3CC3)nc2N(C)C(C)C2CC2)nc1. The molecule has 0 radical (unpaired) electrons. The average Bonchev–Trinajstić information content (AvgIpc) is 3.92. The van der Waals surface area contributed by atoms with Crippen LogP contribution < -0.4 is 15.0 Å². The Bertz CT molecular complexity index is 1430. The number of nitrogens with zero attached hydrogens (tertiary/aromatic N) is 8. The highest BCUT2D eigenvalue weighted by molar-refractivity contribution is 7.91. The summed E-state index contributed by atoms with van der Waals surface area (Å²) < 4.78 is 17.6. The van der Waals surface area contributed by atoms with Crippen LogP contribution in [-0.2, 0) is 22.5 Å². The van der Waals surface area contributed by atoms with Crippen molar-refractivity contribution in [3.63, 3.8) is 0 Å². The first kappa shape index (κ1) is 28.8. The Morgan fingerprint density at radius 1 is 1.22 bits per heavy atom. The Labute approximate surface area is 242 Å². The van der Waals surface area contributed by atoms with Crippen molar-refractivity contribution in [1.82, 2.24) is 35.2 Å². The van der Waals surface area contributed by atoms with Crippen molar-refractivity contribution in [2.24, 2.45) is 10.9 Å². The first-order chi connectivity index (χ1) is 19.8. The van der Waals surface area contributed by atoms with E-state index in [4.69, 9.17) is 14.7 Å². The number of aliphatic imine (C=N–C) groups is 1. The van der Waals surface area contributed by atoms with Crippen LogP contribution >= 0.6 is 0 Å². The number of aromatic nitrogens is 6. The third kappa shape index (κ3) is 6.46. The summed E-state index contributed by atoms with van der Waals surface area (Å²) in [6, 6.07) is 0.219. The average molecular weight is 578 g/mol. The molecular formula is C28H35N9O3S. The fraction of sp³-hybridized carbons (Fsp3) is 0.500. The fourth-order valence-electron chi connectivity index (χ4n) is 4.66. The van der Waals surface area contributed by atoms with Crippen molar-refractivity contribution in [3.05, 3.63) is 35.9 Å². The standard InChI is InChI=1S/C28H35N9O3S/c1-6-41(39)20-11-29-21(30-12-20)13-31-22(14-38)35-24-16(2)34-26(36-27(24)37(4)17(3)18-7-8-18)23-25(19-9-10-19)32-15-33-28(23)40-5/h11-12,14-15,17-19H,6-10,13H2,1-5H3,(H,31,35). The van der Waals surface area contributed by atoms with Crippen molar-refractivity contribution < 1.29 is 14.1 Å². The summed E-state index contributed by atoms with van der Waals surface area (Å²) in [6.07, 6.45) is 9.70. The number of hydrogen-bond acceptors (Lipinski definition) is 11. The fourth-order valence-corrected chi connectivity index (χ4v) is 5.33. The summed E-state index contributed by atoms with van der Waals surface area (Å²) in [5, 5.41) is 3.02. The summed E-state index contributed by atoms with van der Waals surface area (Å²) in [6.45, 7) is 6.04. The van der Waals surface area contributed by atoms with Gasteiger partial charge in [-0.25, -0.2) is 34.9 Å². The van der Waals surface area contributed by atoms with Gasteiger partial charge in [0.15, 0.2) is 28.7 Å². The van der Waals surface area contributed by atoms with Gasteiger partial charge in [0, 0.05) is 19.0 Å². The zero-order chi connectivity index (χ0) is 29.1. The molecule has 216 valence electrons. The maximum Gasteiger partial charge on any atom is 0.227 e. The van der Waals surface area contributed by atoms with Crippen LogP contribution in [-0.4, -0.2) is 72.5 Å². The minimum Gasteiger partial charge on any atom is -0.611 e. The van der Waals surface area contributed by atoms with Gasteiger partial charge in [0.05, 0.1) is 37.4 Å². The van der Waals surface area contributed by atoms with Gasteiger partial charge in [0.25, 0.3) is 0 Å². The minimum atomic E-state index is -1.13. The molecule has 3 aromatic heterocycles. The lowest BCUT2D eigenvalue weighted by atomic mass is 10.1. The minimum absolute atomic E-state index is 0.0993. The first-order valence-electron chi connectivity index (χ1n) is 13.8. The van der Waals surface area contributed by atoms with Gasteiger partial charge in [-0.1, -0.05) is 0 Å². The molecule has 2 atom stereocenters. The quantitative estimate of drug-likeness (QED) is 0.146. The molecule has 2 aliphatic rings. The molecule has 3 aromatic rings. The van der Waals surface area contributed by atoms with Gasteiger partial charge in [-0.15, -0.1) is 0 Å². The zero-order valence-corrected chi connectivity index (χ0v) is 24.8. The molecule has 5 rings (SSSR count). The highest BCUT2D eigenvalue weighted by Crippen LogP contribution is 2.46. The summed E-state index contributed by atoms with van der Waals surface area (Å²) in [5.74, 6) is 3.46. The highest BCUT2D eigenvalue weighted by atomic mass is 32.2. The van der Waals surface area contributed by atoms with Crippen LogP contribution in [0, 0.1) is 12.8 Å². The van der Waals surface area contributed by atoms with Gasteiger partial charge in [0.2, 0.25) is 5.88 Å². The number of aldehydes is 1. The number of carbonyl (C=O) groups excluding carboxylic acids is 1. The smallest absolute Gasteiger partial charge is 0.227 e. The van der Waals surface area contributed by atoms with E-state index >= 15 is 0 Å². The topological polar surface area (TPSA) is 154 Å². The van der Waals surface area contributed by atoms with E-state index in [0.717, 1.165) is 18.5 Å². The van der Waals surface area contributed by atoms with E-state index in [1.54, 1.807) is 19.5 Å². The maximum atomic E-state index is 12.1. The molecule has 1 N–H and O–H groups in total. The maximum absolute atomic E-state index is 12.1. The lowest BCUT2D eigenvalue weighted by Crippen LogP contribution is -2.32. The second kappa shape index (κ2) is 12.4. The molecule has 0 bridgehead atoms. The number of hydrogen-bond donors (Lipinski definition) is 1. The summed E-state index contributed by atoms with van der Waals surface area (Å²) in [4.78, 5) is 46.7. The number of anilines is 1. The molecule has 2 saturated carbocycles. The van der Waals surface area contributed by atoms with Gasteiger partial charge in [-0.3, -0.25) is 4.79 Å². The van der Waals surface area contributed by atoms with Crippen LogP contribution in [0.3, 0.4) is 0 Å². The van der Waals surface area contributed by atoms with E-state index in [0.29, 0.717) is 69.1 Å². The molecule has 2 aliphatic carbocycles. The summed E-state index contributed by atoms with van der Waals surface area (Å²) in [5.41, 5.74) is 2.69. The number of ether oxygens (including phenoxy) is 1. The van der Waals surface area contributed by atoms with Crippen molar-refractivity contribution in [1.29, 1.82) is 0 Å². The highest BCUT2D eigenvalue weighted by Gasteiger charge is 2.34. The predicted molar refractivity (Wildman–Crippen MR) is 156 cm³/mol. The van der Waals surface area contributed by atoms with E-state index < -0.39 is 11.2 Å². The van der Waals surface area contributed by atoms with Crippen LogP contribution in [0.1, 0.15) is 62.7 Å². The normalized spacial score (nSPS) is 16.7. The van der Waals surface area contributed by atoms with Crippen LogP contribution in [0.4, 0.5) is 11.5 Å². The molecule has 12 nitrogen and oxygen atoms in total. The Morgan fingerprint density at radius 2 is 1.95 bits per heavy atom. The molecule has 41 heavy (non-hydrogen) atoms. The number of nitrogens with one attached hydrogen (secondary N) is 1. The molecule has 3 heterocycles. The third-order valence-corrected chi connectivity index (χ3v) is 8.75. The number of rotatable bonds is 12. The van der Waals surface area contributed by atoms with E-state index in [9.17, 15) is 9.35 Å². The van der Waals surface area contributed by atoms with Gasteiger partial charge in [0.1, 0.15) is 29.2 Å². The van der Waals surface area contributed by atoms with E-state index in [-0.39, 0.29) is 18.4 Å². The lowest BCUT2D eigenvalue weighted by molar-refractivity contribution is -0.102. The van der Waals surface area contributed by atoms with Gasteiger partial charge >= 0.3 is 0 Å². The van der Waals surface area contributed by atoms with E-state index in [2.05, 4.69) is 42.1 Å². The molecule has 0 amide bonds. The van der Waals surface area contributed by atoms with E-state index in [1.165, 1.54) is 19.2 Å². The Morgan fingerprint density at radius 3 is 2.56 bits per heavy atom. The van der Waals surface area contributed by atoms with Crippen molar-refractivity contribution in [3.8, 4) is 17.3 Å². The number of carbonyl (C=O) groups is 1. The van der Waals surface area contributed by atoms with Crippen molar-refractivity contribution in [2.45, 2.75) is 69.9 Å². The predicted octanol–water partition coefficient (Wildman–Crippen LogP) is 3.30. The first-order valence-corrected chi connectivity index (χ1v) is 15.1. The zero-order valence-electron chi connectivity index (χ0n) is 24.0. The monoisotopic (exact) mass is 577 g/mol. The van der Waals surface area contributed by atoms with Crippen molar-refractivity contribution in [2.75, 3.05) is 24.8 Å². The van der Waals surface area contributed by atoms with Gasteiger partial charge < -0.3 is 19.5 Å². The van der Waals surface area contributed by atoms with Crippen LogP contribution in [0.5, 0.6) is 5.88 Å². The molecular weight excluding hydrogens is 542 g/mol. The molecule has 2 unspecified atom stereocenters. The molecule has 0 aliphatic heterocycles. The number of aryl methyl sites for hydroxylation is 1. The molecule has 0 aromatic carbocycles. The van der Waals surface area contributed by atoms with Crippen LogP contribution in [0.25, 0.3) is 11.4 Å². The lowest BCUT2D eigenvalue weighted by Gasteiger charge is -2.28. The Balaban J connectivity index is 1.51. The van der Waals surface area contributed by atoms with Gasteiger partial charge in [-0.2, -0.15) is 0 Å². The molecule has 13 heteroatoms. The third-order valence-electron chi connectivity index (χ3n) is 7.49. The van der Waals surface area contributed by atoms with Crippen molar-refractivity contribution >= 4 is 34.8 Å². The van der Waals surface area contributed by atoms with Crippen LogP contribution in [0.15, 0.2) is 28.6 Å². The van der Waals surface area contributed by atoms with Crippen LogP contribution in [0.2, 0.25) is 0 Å². The summed E-state index contributed by atoms with van der Waals surface area (Å²) in [7, 11) is 3.58. The number of methoxy groups -OCH3 is 1. The Hall–Kier alpha value is -3.71. The summed E-state index contributed by atoms with van der Waals surface area (Å²) >= 11 is -1.13. The van der Waals surface area contributed by atoms with E-state index in [1.807, 2.05) is 20.9 Å². The molecule has 0 saturated heterocycles. The second-order valence-electron chi connectivity index (χ2n) is 10.3. The Kier molecular flexibility index (Phi) is 8.74. The molecule has 2 fully saturated rings.